The highest BCUT2D eigenvalue weighted by Crippen LogP contribution is 2.32. The monoisotopic (exact) mass is 422 g/mol. The van der Waals surface area contributed by atoms with E-state index in [9.17, 15) is 4.79 Å². The smallest absolute Gasteiger partial charge is 0.222 e. The quantitative estimate of drug-likeness (QED) is 0.375. The number of aryl methyl sites for hydroxylation is 1. The molecule has 0 saturated carbocycles. The van der Waals surface area contributed by atoms with Crippen LogP contribution in [0.15, 0.2) is 84.9 Å². The van der Waals surface area contributed by atoms with Crippen LogP contribution in [0, 0.1) is 0 Å². The third-order valence-electron chi connectivity index (χ3n) is 6.81. The van der Waals surface area contributed by atoms with Crippen LogP contribution in [0.4, 0.5) is 0 Å². The Kier molecular flexibility index (Phi) is 6.06. The third-order valence-corrected chi connectivity index (χ3v) is 6.81. The summed E-state index contributed by atoms with van der Waals surface area (Å²) in [5.74, 6) is 0.887. The lowest BCUT2D eigenvalue weighted by Gasteiger charge is -2.32. The van der Waals surface area contributed by atoms with Crippen LogP contribution in [0.25, 0.3) is 22.2 Å². The lowest BCUT2D eigenvalue weighted by Crippen LogP contribution is -2.37. The average Bonchev–Trinajstić information content (AvgIpc) is 3.24. The number of aromatic nitrogens is 1. The number of rotatable bonds is 6. The van der Waals surface area contributed by atoms with E-state index in [1.54, 1.807) is 0 Å². The van der Waals surface area contributed by atoms with Gasteiger partial charge in [0.05, 0.1) is 0 Å². The largest absolute Gasteiger partial charge is 0.354 e. The van der Waals surface area contributed by atoms with Crippen LogP contribution in [0.3, 0.4) is 0 Å². The van der Waals surface area contributed by atoms with Crippen LogP contribution in [-0.2, 0) is 11.2 Å². The highest BCUT2D eigenvalue weighted by atomic mass is 16.2. The van der Waals surface area contributed by atoms with Crippen molar-refractivity contribution in [1.29, 1.82) is 0 Å². The van der Waals surface area contributed by atoms with E-state index in [1.165, 1.54) is 27.8 Å². The second-order valence-electron chi connectivity index (χ2n) is 8.81. The summed E-state index contributed by atoms with van der Waals surface area (Å²) in [4.78, 5) is 18.6. The molecule has 0 atom stereocenters. The van der Waals surface area contributed by atoms with Gasteiger partial charge >= 0.3 is 0 Å². The highest BCUT2D eigenvalue weighted by molar-refractivity contribution is 5.90. The van der Waals surface area contributed by atoms with Crippen molar-refractivity contribution >= 4 is 16.8 Å². The van der Waals surface area contributed by atoms with Gasteiger partial charge in [0.25, 0.3) is 0 Å². The fraction of sp³-hybridized carbons (Fsp3) is 0.276. The molecule has 1 saturated heterocycles. The molecule has 1 aromatic heterocycles. The van der Waals surface area contributed by atoms with Gasteiger partial charge < -0.3 is 9.88 Å². The van der Waals surface area contributed by atoms with Crippen LogP contribution in [0.1, 0.15) is 42.7 Å². The molecule has 0 radical (unpaired) electrons. The van der Waals surface area contributed by atoms with Crippen LogP contribution in [-0.4, -0.2) is 28.9 Å². The van der Waals surface area contributed by atoms with Crippen molar-refractivity contribution < 1.29 is 4.79 Å². The highest BCUT2D eigenvalue weighted by Gasteiger charge is 2.23. The van der Waals surface area contributed by atoms with Gasteiger partial charge in [0.15, 0.2) is 0 Å². The van der Waals surface area contributed by atoms with Crippen molar-refractivity contribution in [3.63, 3.8) is 0 Å². The van der Waals surface area contributed by atoms with Crippen LogP contribution in [0.2, 0.25) is 0 Å². The van der Waals surface area contributed by atoms with Gasteiger partial charge in [0, 0.05) is 36.1 Å². The molecule has 162 valence electrons. The molecule has 0 spiro atoms. The maximum Gasteiger partial charge on any atom is 0.222 e. The van der Waals surface area contributed by atoms with E-state index in [-0.39, 0.29) is 0 Å². The Hall–Kier alpha value is -3.33. The summed E-state index contributed by atoms with van der Waals surface area (Å²) in [7, 11) is 0. The number of benzene rings is 3. The number of fused-ring (bicyclic) bond motifs is 1. The zero-order valence-electron chi connectivity index (χ0n) is 18.5. The Morgan fingerprint density at radius 2 is 1.50 bits per heavy atom. The van der Waals surface area contributed by atoms with Crippen molar-refractivity contribution in [2.24, 2.45) is 0 Å². The number of aromatic amines is 1. The van der Waals surface area contributed by atoms with Gasteiger partial charge in [0.1, 0.15) is 0 Å². The number of H-pyrrole nitrogens is 1. The van der Waals surface area contributed by atoms with E-state index in [1.807, 2.05) is 6.07 Å². The number of para-hydroxylation sites is 1. The van der Waals surface area contributed by atoms with Gasteiger partial charge in [-0.15, -0.1) is 0 Å². The molecule has 3 nitrogen and oxygen atoms in total. The Labute approximate surface area is 190 Å². The Bertz CT molecular complexity index is 1170. The molecule has 5 rings (SSSR count). The fourth-order valence-corrected chi connectivity index (χ4v) is 5.07. The van der Waals surface area contributed by atoms with Gasteiger partial charge in [-0.2, -0.15) is 0 Å². The predicted molar refractivity (Wildman–Crippen MR) is 132 cm³/mol. The number of likely N-dealkylation sites (tertiary alicyclic amines) is 1. The van der Waals surface area contributed by atoms with Crippen LogP contribution in [0.5, 0.6) is 0 Å². The molecular weight excluding hydrogens is 392 g/mol. The first-order valence-electron chi connectivity index (χ1n) is 11.8. The molecule has 1 aliphatic heterocycles. The average molecular weight is 423 g/mol. The third kappa shape index (κ3) is 4.34. The Morgan fingerprint density at radius 3 is 2.25 bits per heavy atom. The fourth-order valence-electron chi connectivity index (χ4n) is 5.07. The molecular formula is C29H30N2O. The van der Waals surface area contributed by atoms with E-state index in [0.717, 1.165) is 44.3 Å². The normalized spacial score (nSPS) is 14.7. The first-order valence-corrected chi connectivity index (χ1v) is 11.8. The molecule has 32 heavy (non-hydrogen) atoms. The zero-order valence-corrected chi connectivity index (χ0v) is 18.5. The van der Waals surface area contributed by atoms with Crippen molar-refractivity contribution in [1.82, 2.24) is 9.88 Å². The molecule has 1 fully saturated rings. The zero-order chi connectivity index (χ0) is 21.8. The van der Waals surface area contributed by atoms with Crippen molar-refractivity contribution in [3.05, 3.63) is 96.1 Å². The van der Waals surface area contributed by atoms with Gasteiger partial charge in [-0.1, -0.05) is 78.9 Å². The summed E-state index contributed by atoms with van der Waals surface area (Å²) in [6, 6.07) is 29.7. The topological polar surface area (TPSA) is 36.1 Å². The maximum absolute atomic E-state index is 12.9. The number of carbonyl (C=O) groups is 1. The van der Waals surface area contributed by atoms with Gasteiger partial charge in [-0.3, -0.25) is 4.79 Å². The molecule has 1 N–H and O–H groups in total. The number of nitrogens with one attached hydrogen (secondary N) is 1. The van der Waals surface area contributed by atoms with Crippen molar-refractivity contribution in [3.8, 4) is 11.3 Å². The van der Waals surface area contributed by atoms with E-state index in [0.29, 0.717) is 18.2 Å². The van der Waals surface area contributed by atoms with E-state index in [4.69, 9.17) is 0 Å². The molecule has 1 amide bonds. The number of amides is 1. The predicted octanol–water partition coefficient (Wildman–Crippen LogP) is 6.56. The lowest BCUT2D eigenvalue weighted by atomic mass is 9.89. The minimum absolute atomic E-state index is 0.303. The summed E-state index contributed by atoms with van der Waals surface area (Å²) in [5.41, 5.74) is 6.28. The Balaban J connectivity index is 1.22. The SMILES string of the molecule is O=C(CCCc1c(-c2ccccc2)[nH]c2ccccc12)N1CCC(c2ccccc2)CC1. The summed E-state index contributed by atoms with van der Waals surface area (Å²) in [6.07, 6.45) is 4.52. The molecule has 0 bridgehead atoms. The second kappa shape index (κ2) is 9.44. The van der Waals surface area contributed by atoms with Gasteiger partial charge in [0.2, 0.25) is 5.91 Å². The van der Waals surface area contributed by atoms with Gasteiger partial charge in [-0.25, -0.2) is 0 Å². The summed E-state index contributed by atoms with van der Waals surface area (Å²) < 4.78 is 0. The van der Waals surface area contributed by atoms with E-state index >= 15 is 0 Å². The van der Waals surface area contributed by atoms with E-state index < -0.39 is 0 Å². The minimum Gasteiger partial charge on any atom is -0.354 e. The molecule has 4 aromatic rings. The maximum atomic E-state index is 12.9. The van der Waals surface area contributed by atoms with Crippen molar-refractivity contribution in [2.45, 2.75) is 38.0 Å². The second-order valence-corrected chi connectivity index (χ2v) is 8.81. The molecule has 0 unspecified atom stereocenters. The Morgan fingerprint density at radius 1 is 0.844 bits per heavy atom. The number of piperidine rings is 1. The number of nitrogens with zero attached hydrogens (tertiary/aromatic N) is 1. The molecule has 3 heteroatoms. The molecule has 3 aromatic carbocycles. The standard InChI is InChI=1S/C29H30N2O/c32-28(31-20-18-23(19-21-31)22-10-3-1-4-11-22)17-9-15-26-25-14-7-8-16-27(25)30-29(26)24-12-5-2-6-13-24/h1-8,10-14,16,23,30H,9,15,17-21H2. The van der Waals surface area contributed by atoms with E-state index in [2.05, 4.69) is 88.7 Å². The van der Waals surface area contributed by atoms with Crippen LogP contribution >= 0.6 is 0 Å². The minimum atomic E-state index is 0.303. The first kappa shape index (κ1) is 20.6. The van der Waals surface area contributed by atoms with Crippen LogP contribution < -0.4 is 0 Å². The number of hydrogen-bond donors (Lipinski definition) is 1. The molecule has 2 heterocycles. The summed E-state index contributed by atoms with van der Waals surface area (Å²) in [6.45, 7) is 1.75. The van der Waals surface area contributed by atoms with Gasteiger partial charge in [-0.05, 0) is 54.4 Å². The lowest BCUT2D eigenvalue weighted by molar-refractivity contribution is -0.132. The van der Waals surface area contributed by atoms with Crippen molar-refractivity contribution in [2.75, 3.05) is 13.1 Å². The molecule has 0 aliphatic carbocycles. The number of hydrogen-bond acceptors (Lipinski definition) is 1. The number of carbonyl (C=O) groups excluding carboxylic acids is 1. The molecule has 1 aliphatic rings. The summed E-state index contributed by atoms with van der Waals surface area (Å²) in [5, 5.41) is 1.27. The first-order chi connectivity index (χ1) is 15.8. The summed E-state index contributed by atoms with van der Waals surface area (Å²) >= 11 is 0.